The van der Waals surface area contributed by atoms with Gasteiger partial charge in [0.1, 0.15) is 11.3 Å². The molecule has 0 spiro atoms. The number of aromatic hydroxyl groups is 2. The fraction of sp³-hybridized carbons (Fsp3) is 0.513. The molecule has 0 amide bonds. The minimum absolute atomic E-state index is 0.0673. The summed E-state index contributed by atoms with van der Waals surface area (Å²) in [6.07, 6.45) is 7.82. The molecule has 2 rings (SSSR count). The first-order valence-corrected chi connectivity index (χ1v) is 15.9. The van der Waals surface area contributed by atoms with Crippen molar-refractivity contribution in [2.45, 2.75) is 101 Å². The Kier molecular flexibility index (Phi) is 12.6. The van der Waals surface area contributed by atoms with Crippen LogP contribution < -0.4 is 0 Å². The Morgan fingerprint density at radius 1 is 0.867 bits per heavy atom. The van der Waals surface area contributed by atoms with Crippen molar-refractivity contribution in [3.8, 4) is 11.5 Å². The van der Waals surface area contributed by atoms with Crippen LogP contribution >= 0.6 is 0 Å². The lowest BCUT2D eigenvalue weighted by Gasteiger charge is -2.45. The molecule has 1 aromatic rings. The second kappa shape index (κ2) is 15.1. The summed E-state index contributed by atoms with van der Waals surface area (Å²) in [5, 5.41) is 32.3. The van der Waals surface area contributed by atoms with Crippen LogP contribution in [0.1, 0.15) is 112 Å². The lowest BCUT2D eigenvalue weighted by molar-refractivity contribution is -0.142. The third kappa shape index (κ3) is 9.18. The molecule has 1 aliphatic carbocycles. The van der Waals surface area contributed by atoms with E-state index in [1.807, 2.05) is 54.5 Å². The molecule has 246 valence electrons. The molecule has 0 saturated carbocycles. The van der Waals surface area contributed by atoms with Crippen molar-refractivity contribution in [2.75, 3.05) is 0 Å². The molecule has 6 nitrogen and oxygen atoms in total. The monoisotopic (exact) mass is 618 g/mol. The zero-order valence-electron chi connectivity index (χ0n) is 29.0. The second-order valence-electron chi connectivity index (χ2n) is 14.7. The van der Waals surface area contributed by atoms with Crippen molar-refractivity contribution in [1.29, 1.82) is 0 Å². The number of hydrogen-bond donors (Lipinski definition) is 3. The summed E-state index contributed by atoms with van der Waals surface area (Å²) in [5.74, 6) is -4.79. The maximum Gasteiger partial charge on any atom is 0.200 e. The van der Waals surface area contributed by atoms with Crippen LogP contribution in [-0.4, -0.2) is 32.7 Å². The summed E-state index contributed by atoms with van der Waals surface area (Å²) in [5.41, 5.74) is 1.71. The van der Waals surface area contributed by atoms with Crippen molar-refractivity contribution in [3.05, 3.63) is 82.2 Å². The molecule has 0 radical (unpaired) electrons. The number of aliphatic hydroxyl groups is 1. The quantitative estimate of drug-likeness (QED) is 0.0667. The number of allylic oxidation sites excluding steroid dienone is 9. The third-order valence-electron chi connectivity index (χ3n) is 9.00. The van der Waals surface area contributed by atoms with Crippen molar-refractivity contribution in [1.82, 2.24) is 0 Å². The molecule has 0 fully saturated rings. The third-order valence-corrected chi connectivity index (χ3v) is 9.00. The zero-order chi connectivity index (χ0) is 34.4. The highest BCUT2D eigenvalue weighted by atomic mass is 16.3. The van der Waals surface area contributed by atoms with E-state index in [1.165, 1.54) is 6.07 Å². The molecule has 0 aliphatic heterocycles. The van der Waals surface area contributed by atoms with Crippen LogP contribution in [0.3, 0.4) is 0 Å². The van der Waals surface area contributed by atoms with Crippen molar-refractivity contribution in [2.24, 2.45) is 28.6 Å². The number of Topliss-reactive ketones (excluding diaryl/α,β-unsaturated/α-hetero) is 3. The van der Waals surface area contributed by atoms with Gasteiger partial charge in [0.15, 0.2) is 28.8 Å². The van der Waals surface area contributed by atoms with Gasteiger partial charge in [-0.25, -0.2) is 0 Å². The first kappa shape index (κ1) is 37.5. The van der Waals surface area contributed by atoms with Gasteiger partial charge >= 0.3 is 0 Å². The van der Waals surface area contributed by atoms with Crippen molar-refractivity contribution in [3.63, 3.8) is 0 Å². The van der Waals surface area contributed by atoms with E-state index < -0.39 is 45.7 Å². The Morgan fingerprint density at radius 3 is 1.91 bits per heavy atom. The normalized spacial score (nSPS) is 19.9. The highest BCUT2D eigenvalue weighted by Gasteiger charge is 2.56. The summed E-state index contributed by atoms with van der Waals surface area (Å²) in [6, 6.07) is 3.54. The number of rotatable bonds is 13. The van der Waals surface area contributed by atoms with Gasteiger partial charge in [-0.05, 0) is 116 Å². The number of carbonyl (C=O) groups is 3. The van der Waals surface area contributed by atoms with Gasteiger partial charge in [0.05, 0.1) is 11.3 Å². The lowest BCUT2D eigenvalue weighted by atomic mass is 9.57. The van der Waals surface area contributed by atoms with E-state index in [-0.39, 0.29) is 47.9 Å². The molecule has 1 aromatic carbocycles. The Labute approximate surface area is 270 Å². The molecule has 6 heteroatoms. The van der Waals surface area contributed by atoms with Gasteiger partial charge in [0.2, 0.25) is 0 Å². The summed E-state index contributed by atoms with van der Waals surface area (Å²) in [7, 11) is 0. The van der Waals surface area contributed by atoms with Crippen LogP contribution in [0.15, 0.2) is 76.6 Å². The molecule has 45 heavy (non-hydrogen) atoms. The Balaban J connectivity index is 3.03. The fourth-order valence-corrected chi connectivity index (χ4v) is 5.97. The molecule has 0 saturated heterocycles. The van der Waals surface area contributed by atoms with E-state index in [0.29, 0.717) is 12.8 Å². The fourth-order valence-electron chi connectivity index (χ4n) is 5.97. The predicted molar refractivity (Wildman–Crippen MR) is 182 cm³/mol. The van der Waals surface area contributed by atoms with Gasteiger partial charge in [-0.2, -0.15) is 0 Å². The van der Waals surface area contributed by atoms with E-state index in [0.717, 1.165) is 34.4 Å². The number of benzene rings is 1. The molecule has 0 heterocycles. The number of phenolic OH excluding ortho intramolecular Hbond substituents is 2. The minimum atomic E-state index is -1.54. The van der Waals surface area contributed by atoms with E-state index in [2.05, 4.69) is 39.5 Å². The first-order chi connectivity index (χ1) is 20.7. The molecule has 0 bridgehead atoms. The molecule has 0 aromatic heterocycles. The van der Waals surface area contributed by atoms with Crippen LogP contribution in [0.4, 0.5) is 0 Å². The smallest absolute Gasteiger partial charge is 0.200 e. The summed E-state index contributed by atoms with van der Waals surface area (Å²) >= 11 is 0. The predicted octanol–water partition coefficient (Wildman–Crippen LogP) is 9.55. The number of aliphatic hydroxyl groups excluding tert-OH is 1. The van der Waals surface area contributed by atoms with Crippen molar-refractivity contribution >= 4 is 17.3 Å². The van der Waals surface area contributed by atoms with E-state index in [1.54, 1.807) is 0 Å². The van der Waals surface area contributed by atoms with Crippen LogP contribution in [-0.2, 0) is 9.59 Å². The van der Waals surface area contributed by atoms with E-state index in [9.17, 15) is 29.7 Å². The second-order valence-corrected chi connectivity index (χ2v) is 14.7. The highest BCUT2D eigenvalue weighted by Crippen LogP contribution is 2.52. The van der Waals surface area contributed by atoms with Gasteiger partial charge in [-0.1, -0.05) is 67.9 Å². The maximum atomic E-state index is 14.9. The number of hydrogen-bond acceptors (Lipinski definition) is 6. The lowest BCUT2D eigenvalue weighted by Crippen LogP contribution is -2.50. The van der Waals surface area contributed by atoms with Crippen molar-refractivity contribution < 1.29 is 29.7 Å². The highest BCUT2D eigenvalue weighted by molar-refractivity contribution is 6.32. The average molecular weight is 619 g/mol. The standard InChI is InChI=1S/C39H54O6/c1-23(2)12-15-28(26(7)8)21-39(22-29(38(9,10)11)17-13-24(3)4)36(44)30(18-14-25(5)6)35(43)33(37(39)45)34(42)27-16-19-31(40)32(41)20-27/h12-14,16,19-20,28-30,40-41,45H,7,15,17-18,21-22H2,1-6,8-11H3/t28-,29?,30?,39-/m0/s1. The van der Waals surface area contributed by atoms with Gasteiger partial charge in [0.25, 0.3) is 0 Å². The average Bonchev–Trinajstić information content (AvgIpc) is 2.91. The van der Waals surface area contributed by atoms with Gasteiger partial charge in [-0.3, -0.25) is 14.4 Å². The molecular formula is C39H54O6. The van der Waals surface area contributed by atoms with Gasteiger partial charge in [0, 0.05) is 5.56 Å². The van der Waals surface area contributed by atoms with Crippen LogP contribution in [0.5, 0.6) is 11.5 Å². The van der Waals surface area contributed by atoms with Crippen LogP contribution in [0.2, 0.25) is 0 Å². The van der Waals surface area contributed by atoms with E-state index in [4.69, 9.17) is 0 Å². The zero-order valence-corrected chi connectivity index (χ0v) is 29.0. The molecule has 2 unspecified atom stereocenters. The molecular weight excluding hydrogens is 564 g/mol. The summed E-state index contributed by atoms with van der Waals surface area (Å²) < 4.78 is 0. The first-order valence-electron chi connectivity index (χ1n) is 15.9. The molecule has 4 atom stereocenters. The Bertz CT molecular complexity index is 1430. The Hall–Kier alpha value is -3.67. The summed E-state index contributed by atoms with van der Waals surface area (Å²) in [4.78, 5) is 43.1. The number of ketones is 3. The van der Waals surface area contributed by atoms with E-state index >= 15 is 0 Å². The SMILES string of the molecule is C=C(C)[C@@H](CC=C(C)C)C[C@]1(CC(CC=C(C)C)C(C)(C)C)C(=O)C(CC=C(C)C)C(=O)C(C(=O)c2ccc(O)c(O)c2)=C1O. The Morgan fingerprint density at radius 2 is 1.42 bits per heavy atom. The van der Waals surface area contributed by atoms with Gasteiger partial charge in [-0.15, -0.1) is 0 Å². The largest absolute Gasteiger partial charge is 0.510 e. The maximum absolute atomic E-state index is 14.9. The summed E-state index contributed by atoms with van der Waals surface area (Å²) in [6.45, 7) is 24.3. The molecule has 3 N–H and O–H groups in total. The topological polar surface area (TPSA) is 112 Å². The van der Waals surface area contributed by atoms with Crippen LogP contribution in [0, 0.1) is 28.6 Å². The van der Waals surface area contributed by atoms with Crippen LogP contribution in [0.25, 0.3) is 0 Å². The molecule has 1 aliphatic rings. The number of phenols is 2. The number of carbonyl (C=O) groups excluding carboxylic acids is 3. The minimum Gasteiger partial charge on any atom is -0.510 e. The van der Waals surface area contributed by atoms with Gasteiger partial charge < -0.3 is 15.3 Å².